The smallest absolute Gasteiger partial charge is 0.339 e. The van der Waals surface area contributed by atoms with Crippen LogP contribution in [0.5, 0.6) is 0 Å². The quantitative estimate of drug-likeness (QED) is 0.814. The van der Waals surface area contributed by atoms with Crippen molar-refractivity contribution >= 4 is 22.0 Å². The van der Waals surface area contributed by atoms with Crippen LogP contribution in [0.15, 0.2) is 29.2 Å². The van der Waals surface area contributed by atoms with Gasteiger partial charge in [0.25, 0.3) is 0 Å². The van der Waals surface area contributed by atoms with E-state index in [-0.39, 0.29) is 30.0 Å². The van der Waals surface area contributed by atoms with Crippen LogP contribution in [0.4, 0.5) is 0 Å². The number of sulfonamides is 1. The molecule has 1 N–H and O–H groups in total. The molecule has 126 valence electrons. The van der Waals surface area contributed by atoms with Crippen molar-refractivity contribution in [3.8, 4) is 0 Å². The highest BCUT2D eigenvalue weighted by molar-refractivity contribution is 7.89. The Bertz CT molecular complexity index is 700. The molecule has 0 aliphatic carbocycles. The van der Waals surface area contributed by atoms with Crippen molar-refractivity contribution < 1.29 is 27.9 Å². The second-order valence-corrected chi connectivity index (χ2v) is 7.04. The molecular weight excluding hydrogens is 322 g/mol. The molecular formula is C15H19NO6S. The minimum Gasteiger partial charge on any atom is -0.480 e. The van der Waals surface area contributed by atoms with E-state index >= 15 is 0 Å². The number of ether oxygens (including phenoxy) is 1. The average Bonchev–Trinajstić information content (AvgIpc) is 2.55. The highest BCUT2D eigenvalue weighted by atomic mass is 32.2. The largest absolute Gasteiger partial charge is 0.480 e. The van der Waals surface area contributed by atoms with Crippen LogP contribution in [0.1, 0.15) is 36.5 Å². The molecule has 0 radical (unpaired) electrons. The van der Waals surface area contributed by atoms with Gasteiger partial charge in [0, 0.05) is 6.54 Å². The van der Waals surface area contributed by atoms with E-state index in [2.05, 4.69) is 0 Å². The molecule has 1 heterocycles. The summed E-state index contributed by atoms with van der Waals surface area (Å²) in [6.07, 6.45) is 1.50. The van der Waals surface area contributed by atoms with Gasteiger partial charge < -0.3 is 9.84 Å². The number of carboxylic acid groups (broad SMARTS) is 1. The van der Waals surface area contributed by atoms with Gasteiger partial charge in [-0.25, -0.2) is 13.2 Å². The number of piperidine rings is 1. The lowest BCUT2D eigenvalue weighted by Crippen LogP contribution is -2.48. The van der Waals surface area contributed by atoms with Crippen LogP contribution in [0.3, 0.4) is 0 Å². The topological polar surface area (TPSA) is 101 Å². The summed E-state index contributed by atoms with van der Waals surface area (Å²) in [4.78, 5) is 23.1. The zero-order valence-electron chi connectivity index (χ0n) is 12.8. The number of rotatable bonds is 5. The number of esters is 1. The number of nitrogens with zero attached hydrogens (tertiary/aromatic N) is 1. The van der Waals surface area contributed by atoms with E-state index in [0.717, 1.165) is 4.31 Å². The summed E-state index contributed by atoms with van der Waals surface area (Å²) < 4.78 is 31.6. The molecule has 1 fully saturated rings. The van der Waals surface area contributed by atoms with E-state index in [1.54, 1.807) is 6.92 Å². The summed E-state index contributed by atoms with van der Waals surface area (Å²) in [6, 6.07) is 4.59. The third-order valence-corrected chi connectivity index (χ3v) is 5.67. The molecule has 1 unspecified atom stereocenters. The fourth-order valence-electron chi connectivity index (χ4n) is 2.63. The van der Waals surface area contributed by atoms with E-state index in [9.17, 15) is 23.1 Å². The zero-order valence-corrected chi connectivity index (χ0v) is 13.6. The van der Waals surface area contributed by atoms with Crippen molar-refractivity contribution in [2.24, 2.45) is 0 Å². The summed E-state index contributed by atoms with van der Waals surface area (Å²) in [5.41, 5.74) is -0.0796. The van der Waals surface area contributed by atoms with Gasteiger partial charge in [0.15, 0.2) is 0 Å². The second-order valence-electron chi connectivity index (χ2n) is 5.18. The molecule has 1 aromatic carbocycles. The number of hydrogen-bond donors (Lipinski definition) is 1. The van der Waals surface area contributed by atoms with Gasteiger partial charge in [-0.05, 0) is 38.3 Å². The SMILES string of the molecule is CCOC(=O)c1ccccc1S(=O)(=O)N1CCCCC1C(=O)O. The maximum absolute atomic E-state index is 12.9. The van der Waals surface area contributed by atoms with Gasteiger partial charge in [0.2, 0.25) is 10.0 Å². The van der Waals surface area contributed by atoms with Crippen molar-refractivity contribution in [2.45, 2.75) is 37.1 Å². The molecule has 2 rings (SSSR count). The third kappa shape index (κ3) is 3.53. The van der Waals surface area contributed by atoms with Gasteiger partial charge in [0.1, 0.15) is 6.04 Å². The Hall–Kier alpha value is -1.93. The minimum absolute atomic E-state index is 0.0796. The first kappa shape index (κ1) is 17.4. The lowest BCUT2D eigenvalue weighted by Gasteiger charge is -2.32. The molecule has 0 amide bonds. The van der Waals surface area contributed by atoms with E-state index < -0.39 is 28.0 Å². The summed E-state index contributed by atoms with van der Waals surface area (Å²) >= 11 is 0. The Balaban J connectivity index is 2.47. The van der Waals surface area contributed by atoms with E-state index in [1.165, 1.54) is 24.3 Å². The lowest BCUT2D eigenvalue weighted by atomic mass is 10.1. The first-order valence-corrected chi connectivity index (χ1v) is 8.84. The Labute approximate surface area is 134 Å². The van der Waals surface area contributed by atoms with Crippen LogP contribution in [0.25, 0.3) is 0 Å². The maximum Gasteiger partial charge on any atom is 0.339 e. The van der Waals surface area contributed by atoms with Crippen LogP contribution >= 0.6 is 0 Å². The van der Waals surface area contributed by atoms with Crippen LogP contribution in [0, 0.1) is 0 Å². The van der Waals surface area contributed by atoms with Crippen LogP contribution in [0.2, 0.25) is 0 Å². The fraction of sp³-hybridized carbons (Fsp3) is 0.467. The van der Waals surface area contributed by atoms with E-state index in [4.69, 9.17) is 4.74 Å². The normalized spacial score (nSPS) is 19.3. The molecule has 7 nitrogen and oxygen atoms in total. The van der Waals surface area contributed by atoms with Gasteiger partial charge in [-0.3, -0.25) is 4.79 Å². The molecule has 1 aliphatic rings. The van der Waals surface area contributed by atoms with Crippen LogP contribution in [-0.4, -0.2) is 49.0 Å². The zero-order chi connectivity index (χ0) is 17.0. The molecule has 0 spiro atoms. The van der Waals surface area contributed by atoms with E-state index in [1.807, 2.05) is 0 Å². The summed E-state index contributed by atoms with van der Waals surface area (Å²) in [7, 11) is -4.10. The highest BCUT2D eigenvalue weighted by Gasteiger charge is 2.39. The third-order valence-electron chi connectivity index (χ3n) is 3.71. The summed E-state index contributed by atoms with van der Waals surface area (Å²) in [5.74, 6) is -1.92. The summed E-state index contributed by atoms with van der Waals surface area (Å²) in [5, 5.41) is 9.28. The lowest BCUT2D eigenvalue weighted by molar-refractivity contribution is -0.142. The van der Waals surface area contributed by atoms with Crippen LogP contribution in [-0.2, 0) is 19.6 Å². The monoisotopic (exact) mass is 341 g/mol. The van der Waals surface area contributed by atoms with Crippen molar-refractivity contribution in [2.75, 3.05) is 13.2 Å². The number of aliphatic carboxylic acids is 1. The fourth-order valence-corrected chi connectivity index (χ4v) is 4.47. The number of carbonyl (C=O) groups is 2. The molecule has 23 heavy (non-hydrogen) atoms. The van der Waals surface area contributed by atoms with Gasteiger partial charge in [-0.1, -0.05) is 12.1 Å². The average molecular weight is 341 g/mol. The molecule has 1 atom stereocenters. The molecule has 0 bridgehead atoms. The summed E-state index contributed by atoms with van der Waals surface area (Å²) in [6.45, 7) is 1.87. The predicted octanol–water partition coefficient (Wildman–Crippen LogP) is 1.49. The Kier molecular flexibility index (Phi) is 5.38. The predicted molar refractivity (Wildman–Crippen MR) is 81.6 cm³/mol. The molecule has 8 heteroatoms. The highest BCUT2D eigenvalue weighted by Crippen LogP contribution is 2.27. The Morgan fingerprint density at radius 3 is 2.65 bits per heavy atom. The minimum atomic E-state index is -4.10. The number of benzene rings is 1. The molecule has 0 saturated carbocycles. The maximum atomic E-state index is 12.9. The van der Waals surface area contributed by atoms with Gasteiger partial charge in [-0.2, -0.15) is 4.31 Å². The standard InChI is InChI=1S/C15H19NO6S/c1-2-22-15(19)11-7-3-4-9-13(11)23(20,21)16-10-6-5-8-12(16)14(17)18/h3-4,7,9,12H,2,5-6,8,10H2,1H3,(H,17,18). The van der Waals surface area contributed by atoms with Crippen LogP contribution < -0.4 is 0 Å². The van der Waals surface area contributed by atoms with Gasteiger partial charge >= 0.3 is 11.9 Å². The molecule has 1 saturated heterocycles. The first-order chi connectivity index (χ1) is 10.9. The molecule has 0 aromatic heterocycles. The van der Waals surface area contributed by atoms with Gasteiger partial charge in [0.05, 0.1) is 17.1 Å². The Morgan fingerprint density at radius 2 is 2.00 bits per heavy atom. The molecule has 1 aliphatic heterocycles. The second kappa shape index (κ2) is 7.10. The number of carboxylic acids is 1. The van der Waals surface area contributed by atoms with Crippen molar-refractivity contribution in [3.05, 3.63) is 29.8 Å². The molecule has 1 aromatic rings. The van der Waals surface area contributed by atoms with Crippen molar-refractivity contribution in [1.82, 2.24) is 4.31 Å². The first-order valence-electron chi connectivity index (χ1n) is 7.40. The van der Waals surface area contributed by atoms with Gasteiger partial charge in [-0.15, -0.1) is 0 Å². The Morgan fingerprint density at radius 1 is 1.30 bits per heavy atom. The van der Waals surface area contributed by atoms with E-state index in [0.29, 0.717) is 12.8 Å². The van der Waals surface area contributed by atoms with Crippen molar-refractivity contribution in [3.63, 3.8) is 0 Å². The number of hydrogen-bond acceptors (Lipinski definition) is 5. The van der Waals surface area contributed by atoms with Crippen molar-refractivity contribution in [1.29, 1.82) is 0 Å². The number of carbonyl (C=O) groups excluding carboxylic acids is 1.